The molecule has 5 aromatic rings. The van der Waals surface area contributed by atoms with Crippen molar-refractivity contribution < 1.29 is 8.42 Å². The number of benzene rings is 3. The minimum atomic E-state index is -3.93. The lowest BCUT2D eigenvalue weighted by Gasteiger charge is -2.29. The predicted molar refractivity (Wildman–Crippen MR) is 134 cm³/mol. The molecule has 2 aromatic heterocycles. The van der Waals surface area contributed by atoms with Crippen LogP contribution in [0.1, 0.15) is 5.56 Å². The van der Waals surface area contributed by atoms with Gasteiger partial charge in [-0.15, -0.1) is 0 Å². The van der Waals surface area contributed by atoms with Crippen molar-refractivity contribution in [1.29, 1.82) is 5.26 Å². The molecule has 7 nitrogen and oxygen atoms in total. The standard InChI is InChI=1S/C26H21N5O2S/c27-17-18-8-9-23-22(16-18)25-21(26(29-23)30-14-11-28-12-15-30)10-13-31(25)34(32,33)24-7-3-5-19-4-1-2-6-20(19)24/h1-10,13,16,28H,11-12,14-15H2. The zero-order chi connectivity index (χ0) is 23.3. The summed E-state index contributed by atoms with van der Waals surface area (Å²) in [6, 6.07) is 22.0. The molecule has 1 N–H and O–H groups in total. The van der Waals surface area contributed by atoms with Crippen LogP contribution in [0.15, 0.2) is 77.8 Å². The van der Waals surface area contributed by atoms with Crippen molar-refractivity contribution in [3.8, 4) is 6.07 Å². The van der Waals surface area contributed by atoms with Crippen LogP contribution in [0, 0.1) is 11.3 Å². The number of rotatable bonds is 3. The van der Waals surface area contributed by atoms with Crippen molar-refractivity contribution in [3.05, 3.63) is 78.5 Å². The highest BCUT2D eigenvalue weighted by Gasteiger charge is 2.26. The number of hydrogen-bond donors (Lipinski definition) is 1. The van der Waals surface area contributed by atoms with Crippen LogP contribution in [-0.2, 0) is 10.0 Å². The third kappa shape index (κ3) is 3.13. The van der Waals surface area contributed by atoms with E-state index in [4.69, 9.17) is 4.98 Å². The molecule has 0 saturated carbocycles. The number of hydrogen-bond acceptors (Lipinski definition) is 6. The molecule has 0 bridgehead atoms. The fourth-order valence-electron chi connectivity index (χ4n) is 4.77. The van der Waals surface area contributed by atoms with Crippen molar-refractivity contribution in [3.63, 3.8) is 0 Å². The Balaban J connectivity index is 1.68. The van der Waals surface area contributed by atoms with Gasteiger partial charge in [-0.2, -0.15) is 5.26 Å². The predicted octanol–water partition coefficient (Wildman–Crippen LogP) is 3.86. The molecule has 34 heavy (non-hydrogen) atoms. The molecule has 1 aliphatic heterocycles. The number of piperazine rings is 1. The Morgan fingerprint density at radius 2 is 1.71 bits per heavy atom. The Labute approximate surface area is 196 Å². The van der Waals surface area contributed by atoms with Crippen molar-refractivity contribution >= 4 is 48.4 Å². The number of pyridine rings is 1. The highest BCUT2D eigenvalue weighted by Crippen LogP contribution is 2.36. The molecule has 6 rings (SSSR count). The second-order valence-corrected chi connectivity index (χ2v) is 10.2. The molecule has 168 valence electrons. The maximum atomic E-state index is 14.1. The summed E-state index contributed by atoms with van der Waals surface area (Å²) >= 11 is 0. The zero-order valence-corrected chi connectivity index (χ0v) is 19.1. The molecule has 3 heterocycles. The summed E-state index contributed by atoms with van der Waals surface area (Å²) in [5.41, 5.74) is 1.66. The van der Waals surface area contributed by atoms with Crippen LogP contribution < -0.4 is 10.2 Å². The maximum Gasteiger partial charge on any atom is 0.268 e. The van der Waals surface area contributed by atoms with E-state index >= 15 is 0 Å². The zero-order valence-electron chi connectivity index (χ0n) is 18.3. The van der Waals surface area contributed by atoms with Crippen molar-refractivity contribution in [2.75, 3.05) is 31.1 Å². The molecule has 1 aliphatic rings. The monoisotopic (exact) mass is 467 g/mol. The number of aromatic nitrogens is 2. The van der Waals surface area contributed by atoms with E-state index in [1.165, 1.54) is 3.97 Å². The van der Waals surface area contributed by atoms with E-state index in [1.54, 1.807) is 36.5 Å². The molecule has 0 radical (unpaired) electrons. The second kappa shape index (κ2) is 7.83. The highest BCUT2D eigenvalue weighted by atomic mass is 32.2. The molecule has 1 saturated heterocycles. The summed E-state index contributed by atoms with van der Waals surface area (Å²) in [5, 5.41) is 15.8. The van der Waals surface area contributed by atoms with Crippen LogP contribution in [0.5, 0.6) is 0 Å². The quantitative estimate of drug-likeness (QED) is 0.433. The van der Waals surface area contributed by atoms with Crippen LogP contribution in [0.3, 0.4) is 0 Å². The van der Waals surface area contributed by atoms with E-state index in [-0.39, 0.29) is 4.90 Å². The maximum absolute atomic E-state index is 14.1. The van der Waals surface area contributed by atoms with Gasteiger partial charge in [0.05, 0.1) is 27.6 Å². The number of nitrogens with zero attached hydrogens (tertiary/aromatic N) is 4. The summed E-state index contributed by atoms with van der Waals surface area (Å²) < 4.78 is 29.5. The van der Waals surface area contributed by atoms with Gasteiger partial charge >= 0.3 is 0 Å². The first-order chi connectivity index (χ1) is 16.6. The van der Waals surface area contributed by atoms with Crippen molar-refractivity contribution in [2.24, 2.45) is 0 Å². The van der Waals surface area contributed by atoms with Gasteiger partial charge in [-0.3, -0.25) is 0 Å². The average Bonchev–Trinajstić information content (AvgIpc) is 3.34. The summed E-state index contributed by atoms with van der Waals surface area (Å²) in [5.74, 6) is 0.764. The van der Waals surface area contributed by atoms with E-state index in [9.17, 15) is 13.7 Å². The molecular weight excluding hydrogens is 446 g/mol. The van der Waals surface area contributed by atoms with Crippen LogP contribution in [0.4, 0.5) is 5.82 Å². The van der Waals surface area contributed by atoms with Gasteiger partial charge in [0.25, 0.3) is 10.0 Å². The number of anilines is 1. The minimum absolute atomic E-state index is 0.244. The van der Waals surface area contributed by atoms with Crippen molar-refractivity contribution in [1.82, 2.24) is 14.3 Å². The molecule has 0 spiro atoms. The topological polar surface area (TPSA) is 91.0 Å². The van der Waals surface area contributed by atoms with Gasteiger partial charge < -0.3 is 10.2 Å². The van der Waals surface area contributed by atoms with Gasteiger partial charge in [0.2, 0.25) is 0 Å². The van der Waals surface area contributed by atoms with Crippen LogP contribution >= 0.6 is 0 Å². The summed E-state index contributed by atoms with van der Waals surface area (Å²) in [6.07, 6.45) is 1.60. The molecule has 0 unspecified atom stereocenters. The van der Waals surface area contributed by atoms with E-state index in [1.807, 2.05) is 36.4 Å². The number of nitrogens with one attached hydrogen (secondary N) is 1. The van der Waals surface area contributed by atoms with Gasteiger partial charge in [-0.25, -0.2) is 17.4 Å². The van der Waals surface area contributed by atoms with Crippen LogP contribution in [-0.4, -0.2) is 43.6 Å². The Bertz CT molecular complexity index is 1720. The lowest BCUT2D eigenvalue weighted by molar-refractivity contribution is 0.586. The lowest BCUT2D eigenvalue weighted by Crippen LogP contribution is -2.44. The molecule has 0 aliphatic carbocycles. The summed E-state index contributed by atoms with van der Waals surface area (Å²) in [4.78, 5) is 7.33. The molecule has 1 fully saturated rings. The third-order valence-electron chi connectivity index (χ3n) is 6.40. The Hall–Kier alpha value is -3.93. The summed E-state index contributed by atoms with van der Waals surface area (Å²) in [6.45, 7) is 3.24. The highest BCUT2D eigenvalue weighted by molar-refractivity contribution is 7.90. The normalized spacial score (nSPS) is 14.6. The first kappa shape index (κ1) is 20.7. The minimum Gasteiger partial charge on any atom is -0.353 e. The molecular formula is C26H21N5O2S. The van der Waals surface area contributed by atoms with Gasteiger partial charge in [-0.05, 0) is 35.7 Å². The fourth-order valence-corrected chi connectivity index (χ4v) is 6.35. The number of nitriles is 1. The SMILES string of the molecule is N#Cc1ccc2nc(N3CCNCC3)c3ccn(S(=O)(=O)c4cccc5ccccc45)c3c2c1. The van der Waals surface area contributed by atoms with E-state index in [2.05, 4.69) is 16.3 Å². The second-order valence-electron chi connectivity index (χ2n) is 8.37. The average molecular weight is 468 g/mol. The molecule has 0 atom stereocenters. The first-order valence-electron chi connectivity index (χ1n) is 11.1. The summed E-state index contributed by atoms with van der Waals surface area (Å²) in [7, 11) is -3.93. The van der Waals surface area contributed by atoms with Gasteiger partial charge in [-0.1, -0.05) is 36.4 Å². The van der Waals surface area contributed by atoms with Crippen LogP contribution in [0.2, 0.25) is 0 Å². The van der Waals surface area contributed by atoms with E-state index < -0.39 is 10.0 Å². The van der Waals surface area contributed by atoms with Crippen LogP contribution in [0.25, 0.3) is 32.6 Å². The third-order valence-corrected chi connectivity index (χ3v) is 8.14. The number of fused-ring (bicyclic) bond motifs is 4. The Morgan fingerprint density at radius 3 is 2.53 bits per heavy atom. The largest absolute Gasteiger partial charge is 0.353 e. The molecule has 3 aromatic carbocycles. The Morgan fingerprint density at radius 1 is 0.912 bits per heavy atom. The van der Waals surface area contributed by atoms with E-state index in [0.29, 0.717) is 27.4 Å². The van der Waals surface area contributed by atoms with Crippen molar-refractivity contribution in [2.45, 2.75) is 4.90 Å². The Kier molecular flexibility index (Phi) is 4.76. The van der Waals surface area contributed by atoms with Gasteiger partial charge in [0, 0.05) is 48.5 Å². The fraction of sp³-hybridized carbons (Fsp3) is 0.154. The lowest BCUT2D eigenvalue weighted by atomic mass is 10.1. The van der Waals surface area contributed by atoms with Gasteiger partial charge in [0.1, 0.15) is 5.82 Å². The molecule has 8 heteroatoms. The molecule has 0 amide bonds. The smallest absolute Gasteiger partial charge is 0.268 e. The van der Waals surface area contributed by atoms with E-state index in [0.717, 1.165) is 42.8 Å². The first-order valence-corrected chi connectivity index (χ1v) is 12.6. The van der Waals surface area contributed by atoms with Gasteiger partial charge in [0.15, 0.2) is 0 Å².